The maximum atomic E-state index is 13.4. The summed E-state index contributed by atoms with van der Waals surface area (Å²) in [5.74, 6) is -3.01. The molecule has 2 amide bonds. The Bertz CT molecular complexity index is 1690. The molecule has 42 heavy (non-hydrogen) atoms. The molecule has 3 unspecified atom stereocenters. The third-order valence-electron chi connectivity index (χ3n) is 8.49. The average Bonchev–Trinajstić information content (AvgIpc) is 3.58. The fourth-order valence-corrected chi connectivity index (χ4v) is 6.45. The largest absolute Gasteiger partial charge is 0.543 e. The number of aromatic nitrogens is 2. The van der Waals surface area contributed by atoms with Crippen LogP contribution in [-0.2, 0) is 27.5 Å². The smallest absolute Gasteiger partial charge is 0.244 e. The predicted octanol–water partition coefficient (Wildman–Crippen LogP) is 0.151. The number of imidazole rings is 1. The molecule has 3 aromatic rings. The van der Waals surface area contributed by atoms with E-state index in [1.807, 2.05) is 53.0 Å². The van der Waals surface area contributed by atoms with Gasteiger partial charge in [-0.3, -0.25) is 14.4 Å². The van der Waals surface area contributed by atoms with E-state index in [2.05, 4.69) is 0 Å². The highest BCUT2D eigenvalue weighted by atomic mass is 16.5. The van der Waals surface area contributed by atoms with Crippen LogP contribution in [0.3, 0.4) is 0 Å². The number of benzene rings is 2. The Morgan fingerprint density at radius 1 is 1.17 bits per heavy atom. The number of ketones is 1. The monoisotopic (exact) mass is 570 g/mol. The van der Waals surface area contributed by atoms with Crippen LogP contribution in [0, 0.1) is 11.8 Å². The SMILES string of the molecule is CC(O)C1C(=O)N2C(C(=O)[O-])=C(COc3cccc4c3-c3ccc(C[n+]5ccn(CCC(N)=O)c5)cc3C4=O)[C@H](C)C12. The van der Waals surface area contributed by atoms with Crippen molar-refractivity contribution in [3.05, 3.63) is 83.1 Å². The Hall–Kier alpha value is -4.77. The lowest BCUT2D eigenvalue weighted by atomic mass is 9.78. The molecule has 4 atom stereocenters. The van der Waals surface area contributed by atoms with E-state index in [4.69, 9.17) is 10.5 Å². The van der Waals surface area contributed by atoms with E-state index < -0.39 is 29.9 Å². The Morgan fingerprint density at radius 2 is 1.95 bits per heavy atom. The van der Waals surface area contributed by atoms with Gasteiger partial charge in [-0.25, -0.2) is 9.13 Å². The second kappa shape index (κ2) is 10.3. The van der Waals surface area contributed by atoms with Crippen LogP contribution < -0.4 is 20.1 Å². The number of carbonyl (C=O) groups excluding carboxylic acids is 4. The van der Waals surface area contributed by atoms with Crippen LogP contribution in [0.5, 0.6) is 5.75 Å². The summed E-state index contributed by atoms with van der Waals surface area (Å²) >= 11 is 0. The van der Waals surface area contributed by atoms with Gasteiger partial charge in [0.25, 0.3) is 0 Å². The summed E-state index contributed by atoms with van der Waals surface area (Å²) in [4.78, 5) is 50.4. The van der Waals surface area contributed by atoms with E-state index in [1.165, 1.54) is 11.8 Å². The van der Waals surface area contributed by atoms with Crippen LogP contribution in [0.25, 0.3) is 11.1 Å². The first kappa shape index (κ1) is 27.4. The third kappa shape index (κ3) is 4.37. The highest BCUT2D eigenvalue weighted by Gasteiger charge is 2.58. The van der Waals surface area contributed by atoms with Gasteiger partial charge in [0.05, 0.1) is 42.7 Å². The van der Waals surface area contributed by atoms with Crippen LogP contribution in [0.2, 0.25) is 0 Å². The van der Waals surface area contributed by atoms with E-state index in [1.54, 1.807) is 18.2 Å². The van der Waals surface area contributed by atoms with Gasteiger partial charge >= 0.3 is 0 Å². The topological polar surface area (TPSA) is 159 Å². The standard InChI is InChI=1S/C31H30N4O7/c1-16-22(28(31(40)41)35-27(16)25(17(2)36)30(35)39)14-42-23-5-3-4-20-26(23)19-7-6-18(12-21(19)29(20)38)13-34-11-10-33(15-34)9-8-24(32)37/h3-7,10-12,15-17,25,27,36H,8-9,13-14H2,1-2H3,(H2-,32,37,40,41)/t16-,17?,25?,27?/m0/s1. The number of β-lactam (4-membered cyclic amide) rings is 1. The van der Waals surface area contributed by atoms with Gasteiger partial charge in [0.15, 0.2) is 5.78 Å². The van der Waals surface area contributed by atoms with Crippen molar-refractivity contribution in [1.29, 1.82) is 0 Å². The number of aryl methyl sites for hydroxylation is 1. The minimum Gasteiger partial charge on any atom is -0.543 e. The van der Waals surface area contributed by atoms with Crippen molar-refractivity contribution < 1.29 is 38.7 Å². The number of hydrogen-bond donors (Lipinski definition) is 2. The number of aliphatic hydroxyl groups excluding tert-OH is 1. The zero-order valence-corrected chi connectivity index (χ0v) is 23.1. The molecule has 11 heteroatoms. The summed E-state index contributed by atoms with van der Waals surface area (Å²) in [6.45, 7) is 4.23. The summed E-state index contributed by atoms with van der Waals surface area (Å²) in [6.07, 6.45) is 4.95. The molecule has 1 saturated heterocycles. The quantitative estimate of drug-likeness (QED) is 0.203. The number of rotatable bonds is 10. The molecule has 0 spiro atoms. The number of carboxylic acids is 1. The molecule has 0 saturated carbocycles. The second-order valence-corrected chi connectivity index (χ2v) is 11.1. The van der Waals surface area contributed by atoms with Crippen LogP contribution in [0.15, 0.2) is 66.4 Å². The molecular formula is C31H30N4O7. The molecule has 6 rings (SSSR count). The van der Waals surface area contributed by atoms with Crippen molar-refractivity contribution in [1.82, 2.24) is 9.47 Å². The number of nitrogens with zero attached hydrogens (tertiary/aromatic N) is 3. The zero-order valence-electron chi connectivity index (χ0n) is 23.1. The van der Waals surface area contributed by atoms with Crippen molar-refractivity contribution in [3.8, 4) is 16.9 Å². The average molecular weight is 571 g/mol. The minimum atomic E-state index is -1.47. The van der Waals surface area contributed by atoms with E-state index in [9.17, 15) is 29.4 Å². The van der Waals surface area contributed by atoms with Gasteiger partial charge in [0, 0.05) is 22.6 Å². The molecular weight excluding hydrogens is 540 g/mol. The Kier molecular flexibility index (Phi) is 6.69. The molecule has 3 heterocycles. The van der Waals surface area contributed by atoms with E-state index in [0.29, 0.717) is 41.1 Å². The van der Waals surface area contributed by atoms with Crippen LogP contribution in [0.4, 0.5) is 0 Å². The molecule has 1 fully saturated rings. The number of hydrogen-bond acceptors (Lipinski definition) is 7. The van der Waals surface area contributed by atoms with Crippen molar-refractivity contribution >= 4 is 23.6 Å². The van der Waals surface area contributed by atoms with Gasteiger partial charge < -0.3 is 30.4 Å². The summed E-state index contributed by atoms with van der Waals surface area (Å²) in [5, 5.41) is 22.1. The van der Waals surface area contributed by atoms with Crippen LogP contribution in [0.1, 0.15) is 41.8 Å². The number of aliphatic carboxylic acids is 1. The molecule has 2 aromatic carbocycles. The summed E-state index contributed by atoms with van der Waals surface area (Å²) in [6, 6.07) is 10.4. The van der Waals surface area contributed by atoms with E-state index in [-0.39, 0.29) is 36.3 Å². The second-order valence-electron chi connectivity index (χ2n) is 11.1. The predicted molar refractivity (Wildman–Crippen MR) is 145 cm³/mol. The maximum absolute atomic E-state index is 13.4. The number of fused-ring (bicyclic) bond motifs is 4. The molecule has 11 nitrogen and oxygen atoms in total. The summed E-state index contributed by atoms with van der Waals surface area (Å²) in [7, 11) is 0. The van der Waals surface area contributed by atoms with Gasteiger partial charge in [-0.2, -0.15) is 0 Å². The molecule has 216 valence electrons. The molecule has 1 aromatic heterocycles. The Labute approximate surface area is 241 Å². The molecule has 0 bridgehead atoms. The first-order chi connectivity index (χ1) is 20.1. The fourth-order valence-electron chi connectivity index (χ4n) is 6.45. The van der Waals surface area contributed by atoms with Gasteiger partial charge in [-0.15, -0.1) is 0 Å². The molecule has 2 aliphatic heterocycles. The lowest BCUT2D eigenvalue weighted by Gasteiger charge is -2.47. The summed E-state index contributed by atoms with van der Waals surface area (Å²) in [5.41, 5.74) is 8.76. The van der Waals surface area contributed by atoms with Gasteiger partial charge in [-0.1, -0.05) is 31.2 Å². The minimum absolute atomic E-state index is 0.112. The summed E-state index contributed by atoms with van der Waals surface area (Å²) < 4.78 is 9.99. The maximum Gasteiger partial charge on any atom is 0.244 e. The van der Waals surface area contributed by atoms with Crippen LogP contribution >= 0.6 is 0 Å². The number of aliphatic hydroxyl groups is 1. The highest BCUT2D eigenvalue weighted by Crippen LogP contribution is 2.48. The normalized spacial score (nSPS) is 21.1. The fraction of sp³-hybridized carbons (Fsp3) is 0.323. The van der Waals surface area contributed by atoms with Crippen molar-refractivity contribution in [2.45, 2.75) is 45.5 Å². The van der Waals surface area contributed by atoms with Crippen molar-refractivity contribution in [2.24, 2.45) is 17.6 Å². The first-order valence-corrected chi connectivity index (χ1v) is 13.8. The lowest BCUT2D eigenvalue weighted by molar-refractivity contribution is -0.687. The van der Waals surface area contributed by atoms with Crippen molar-refractivity contribution in [3.63, 3.8) is 0 Å². The van der Waals surface area contributed by atoms with Gasteiger partial charge in [0.2, 0.25) is 18.1 Å². The molecule has 3 aliphatic rings. The molecule has 1 aliphatic carbocycles. The lowest BCUT2D eigenvalue weighted by Crippen LogP contribution is -2.64. The van der Waals surface area contributed by atoms with E-state index >= 15 is 0 Å². The third-order valence-corrected chi connectivity index (χ3v) is 8.49. The zero-order chi connectivity index (χ0) is 29.9. The highest BCUT2D eigenvalue weighted by molar-refractivity contribution is 6.22. The number of carboxylic acid groups (broad SMARTS) is 1. The van der Waals surface area contributed by atoms with Crippen LogP contribution in [-0.4, -0.2) is 56.9 Å². The first-order valence-electron chi connectivity index (χ1n) is 13.8. The number of ether oxygens (including phenoxy) is 1. The number of carbonyl (C=O) groups is 4. The molecule has 0 radical (unpaired) electrons. The number of amides is 2. The Morgan fingerprint density at radius 3 is 2.67 bits per heavy atom. The van der Waals surface area contributed by atoms with Crippen molar-refractivity contribution in [2.75, 3.05) is 6.61 Å². The van der Waals surface area contributed by atoms with E-state index in [0.717, 1.165) is 11.1 Å². The number of nitrogens with two attached hydrogens (primary N) is 1. The number of primary amides is 1. The van der Waals surface area contributed by atoms with Gasteiger partial charge in [-0.05, 0) is 35.8 Å². The van der Waals surface area contributed by atoms with Gasteiger partial charge in [0.1, 0.15) is 31.3 Å². The molecule has 3 N–H and O–H groups in total. The Balaban J connectivity index is 1.24.